The van der Waals surface area contributed by atoms with Gasteiger partial charge in [-0.1, -0.05) is 0 Å². The Kier molecular flexibility index (Phi) is 5.22. The highest BCUT2D eigenvalue weighted by Gasteiger charge is 2.56. The van der Waals surface area contributed by atoms with E-state index in [1.165, 1.54) is 19.3 Å². The second kappa shape index (κ2) is 7.81. The molecular weight excluding hydrogens is 376 g/mol. The van der Waals surface area contributed by atoms with Crippen molar-refractivity contribution in [2.24, 2.45) is 5.41 Å². The van der Waals surface area contributed by atoms with Gasteiger partial charge in [0.05, 0.1) is 5.69 Å². The number of rotatable bonds is 5. The van der Waals surface area contributed by atoms with E-state index in [0.29, 0.717) is 24.6 Å². The van der Waals surface area contributed by atoms with Crippen molar-refractivity contribution in [1.82, 2.24) is 0 Å². The second-order valence-corrected chi connectivity index (χ2v) is 7.71. The molecule has 2 aromatic rings. The van der Waals surface area contributed by atoms with E-state index in [2.05, 4.69) is 15.5 Å². The van der Waals surface area contributed by atoms with Crippen molar-refractivity contribution in [3.8, 4) is 0 Å². The van der Waals surface area contributed by atoms with Gasteiger partial charge in [-0.15, -0.1) is 0 Å². The highest BCUT2D eigenvalue weighted by molar-refractivity contribution is 6.16. The third-order valence-corrected chi connectivity index (χ3v) is 5.65. The number of piperidine rings is 1. The van der Waals surface area contributed by atoms with Gasteiger partial charge in [0, 0.05) is 30.5 Å². The molecule has 7 heteroatoms. The minimum atomic E-state index is -1.22. The first kappa shape index (κ1) is 19.4. The summed E-state index contributed by atoms with van der Waals surface area (Å²) in [4.78, 5) is 27.6. The third-order valence-electron chi connectivity index (χ3n) is 5.65. The van der Waals surface area contributed by atoms with E-state index < -0.39 is 28.9 Å². The Morgan fingerprint density at radius 2 is 1.52 bits per heavy atom. The van der Waals surface area contributed by atoms with Gasteiger partial charge in [-0.3, -0.25) is 9.59 Å². The first-order chi connectivity index (χ1) is 14.0. The van der Waals surface area contributed by atoms with E-state index in [4.69, 9.17) is 0 Å². The monoisotopic (exact) mass is 399 g/mol. The number of nitrogens with one attached hydrogen (secondary N) is 2. The van der Waals surface area contributed by atoms with Crippen molar-refractivity contribution in [1.29, 1.82) is 0 Å². The van der Waals surface area contributed by atoms with Gasteiger partial charge in [0.25, 0.3) is 0 Å². The largest absolute Gasteiger partial charge is 0.372 e. The highest BCUT2D eigenvalue weighted by atomic mass is 19.1. The van der Waals surface area contributed by atoms with Crippen LogP contribution in [0.5, 0.6) is 0 Å². The lowest BCUT2D eigenvalue weighted by atomic mass is 10.0. The van der Waals surface area contributed by atoms with Gasteiger partial charge >= 0.3 is 0 Å². The molecule has 1 aliphatic heterocycles. The summed E-state index contributed by atoms with van der Waals surface area (Å²) in [6.07, 6.45) is 4.41. The molecule has 2 amide bonds. The van der Waals surface area contributed by atoms with Crippen molar-refractivity contribution in [3.63, 3.8) is 0 Å². The molecule has 1 heterocycles. The minimum Gasteiger partial charge on any atom is -0.372 e. The lowest BCUT2D eigenvalue weighted by Crippen LogP contribution is -2.35. The van der Waals surface area contributed by atoms with Gasteiger partial charge in [0.1, 0.15) is 17.0 Å². The molecule has 0 bridgehead atoms. The topological polar surface area (TPSA) is 61.4 Å². The van der Waals surface area contributed by atoms with Crippen LogP contribution in [0.3, 0.4) is 0 Å². The summed E-state index contributed by atoms with van der Waals surface area (Å²) in [5, 5.41) is 5.20. The maximum Gasteiger partial charge on any atom is 0.240 e. The Balaban J connectivity index is 1.40. The summed E-state index contributed by atoms with van der Waals surface area (Å²) < 4.78 is 26.8. The zero-order chi connectivity index (χ0) is 20.4. The number of nitrogens with zero attached hydrogens (tertiary/aromatic N) is 1. The molecular formula is C22H23F2N3O2. The first-order valence-corrected chi connectivity index (χ1v) is 9.91. The molecule has 0 unspecified atom stereocenters. The third kappa shape index (κ3) is 4.09. The molecule has 29 heavy (non-hydrogen) atoms. The van der Waals surface area contributed by atoms with Crippen molar-refractivity contribution in [2.75, 3.05) is 28.6 Å². The fourth-order valence-electron chi connectivity index (χ4n) is 3.67. The van der Waals surface area contributed by atoms with Crippen LogP contribution in [0.4, 0.5) is 25.8 Å². The molecule has 0 radical (unpaired) electrons. The number of anilines is 3. The molecule has 5 nitrogen and oxygen atoms in total. The fourth-order valence-corrected chi connectivity index (χ4v) is 3.67. The Morgan fingerprint density at radius 1 is 0.862 bits per heavy atom. The number of carbonyl (C=O) groups excluding carboxylic acids is 2. The molecule has 0 atom stereocenters. The summed E-state index contributed by atoms with van der Waals surface area (Å²) >= 11 is 0. The van der Waals surface area contributed by atoms with Gasteiger partial charge in [-0.25, -0.2) is 8.78 Å². The van der Waals surface area contributed by atoms with Gasteiger partial charge < -0.3 is 15.5 Å². The summed E-state index contributed by atoms with van der Waals surface area (Å²) in [5.74, 6) is -2.59. The number of hydrogen-bond donors (Lipinski definition) is 2. The maximum atomic E-state index is 13.8. The molecule has 2 fully saturated rings. The average molecular weight is 399 g/mol. The van der Waals surface area contributed by atoms with Crippen LogP contribution in [0, 0.1) is 17.0 Å². The highest BCUT2D eigenvalue weighted by Crippen LogP contribution is 2.47. The number of amides is 2. The molecule has 2 N–H and O–H groups in total. The molecule has 2 aliphatic rings. The Bertz CT molecular complexity index is 920. The van der Waals surface area contributed by atoms with Gasteiger partial charge in [0.15, 0.2) is 0 Å². The second-order valence-electron chi connectivity index (χ2n) is 7.71. The van der Waals surface area contributed by atoms with E-state index in [1.807, 2.05) is 24.3 Å². The van der Waals surface area contributed by atoms with Gasteiger partial charge in [-0.2, -0.15) is 0 Å². The lowest BCUT2D eigenvalue weighted by molar-refractivity contribution is -0.131. The van der Waals surface area contributed by atoms with Crippen LogP contribution < -0.4 is 15.5 Å². The zero-order valence-corrected chi connectivity index (χ0v) is 16.0. The smallest absolute Gasteiger partial charge is 0.240 e. The molecule has 0 aromatic heterocycles. The van der Waals surface area contributed by atoms with Crippen molar-refractivity contribution >= 4 is 28.9 Å². The molecule has 0 spiro atoms. The minimum absolute atomic E-state index is 0.138. The van der Waals surface area contributed by atoms with Gasteiger partial charge in [-0.05, 0) is 68.5 Å². The van der Waals surface area contributed by atoms with Gasteiger partial charge in [0.2, 0.25) is 11.8 Å². The predicted octanol–water partition coefficient (Wildman–Crippen LogP) is 4.31. The quantitative estimate of drug-likeness (QED) is 0.737. The number of carbonyl (C=O) groups is 2. The van der Waals surface area contributed by atoms with Crippen LogP contribution in [-0.2, 0) is 9.59 Å². The zero-order valence-electron chi connectivity index (χ0n) is 16.0. The van der Waals surface area contributed by atoms with Crippen molar-refractivity contribution in [2.45, 2.75) is 32.1 Å². The Hall–Kier alpha value is -2.96. The van der Waals surface area contributed by atoms with E-state index in [9.17, 15) is 18.4 Å². The van der Waals surface area contributed by atoms with Crippen LogP contribution >= 0.6 is 0 Å². The summed E-state index contributed by atoms with van der Waals surface area (Å²) in [5.41, 5.74) is 0.379. The van der Waals surface area contributed by atoms with Crippen LogP contribution in [-0.4, -0.2) is 24.9 Å². The van der Waals surface area contributed by atoms with Crippen molar-refractivity contribution < 1.29 is 18.4 Å². The molecule has 2 aromatic carbocycles. The molecule has 1 saturated heterocycles. The summed E-state index contributed by atoms with van der Waals surface area (Å²) in [7, 11) is 0. The van der Waals surface area contributed by atoms with E-state index >= 15 is 0 Å². The number of hydrogen-bond acceptors (Lipinski definition) is 3. The van der Waals surface area contributed by atoms with E-state index in [1.54, 1.807) is 0 Å². The van der Waals surface area contributed by atoms with Crippen LogP contribution in [0.2, 0.25) is 0 Å². The molecule has 152 valence electrons. The molecule has 4 rings (SSSR count). The van der Waals surface area contributed by atoms with E-state index in [0.717, 1.165) is 30.9 Å². The van der Waals surface area contributed by atoms with Crippen molar-refractivity contribution in [3.05, 3.63) is 54.1 Å². The SMILES string of the molecule is O=C(Nc1ccc(N2CCCCC2)cc1)C1(C(=O)Nc2ccc(F)cc2F)CC1. The van der Waals surface area contributed by atoms with Crippen LogP contribution in [0.1, 0.15) is 32.1 Å². The number of benzene rings is 2. The average Bonchev–Trinajstić information content (AvgIpc) is 3.53. The maximum absolute atomic E-state index is 13.8. The Labute approximate surface area is 168 Å². The van der Waals surface area contributed by atoms with Crippen LogP contribution in [0.25, 0.3) is 0 Å². The summed E-state index contributed by atoms with van der Waals surface area (Å²) in [6, 6.07) is 10.5. The summed E-state index contributed by atoms with van der Waals surface area (Å²) in [6.45, 7) is 2.07. The predicted molar refractivity (Wildman–Crippen MR) is 108 cm³/mol. The normalized spacial score (nSPS) is 17.5. The van der Waals surface area contributed by atoms with Crippen LogP contribution in [0.15, 0.2) is 42.5 Å². The molecule has 1 aliphatic carbocycles. The van der Waals surface area contributed by atoms with E-state index in [-0.39, 0.29) is 5.69 Å². The fraction of sp³-hybridized carbons (Fsp3) is 0.364. The standard InChI is InChI=1S/C22H23F2N3O2/c23-15-4-9-19(18(24)14-15)26-21(29)22(10-11-22)20(28)25-16-5-7-17(8-6-16)27-12-2-1-3-13-27/h4-9,14H,1-3,10-13H2,(H,25,28)(H,26,29). The first-order valence-electron chi connectivity index (χ1n) is 9.91. The molecule has 1 saturated carbocycles. The number of halogens is 2. The lowest BCUT2D eigenvalue weighted by Gasteiger charge is -2.28. The Morgan fingerprint density at radius 3 is 2.14 bits per heavy atom.